The van der Waals surface area contributed by atoms with E-state index in [1.807, 2.05) is 36.4 Å². The highest BCUT2D eigenvalue weighted by Gasteiger charge is 2.27. The number of morpholine rings is 1. The molecule has 1 atom stereocenters. The number of nitrogens with zero attached hydrogens (tertiary/aromatic N) is 1. The first kappa shape index (κ1) is 14.2. The molecule has 0 amide bonds. The lowest BCUT2D eigenvalue weighted by molar-refractivity contribution is -0.0163. The van der Waals surface area contributed by atoms with Gasteiger partial charge < -0.3 is 4.74 Å². The third-order valence-corrected chi connectivity index (χ3v) is 4.02. The number of benzene rings is 2. The number of ketones is 1. The number of hydrogen-bond acceptors (Lipinski definition) is 3. The Bertz CT molecular complexity index is 636. The fourth-order valence-corrected chi connectivity index (χ4v) is 2.91. The molecular weight excluding hydrogens is 262 g/mol. The van der Waals surface area contributed by atoms with Crippen LogP contribution in [-0.4, -0.2) is 43.0 Å². The largest absolute Gasteiger partial charge is 0.367 e. The first-order valence-electron chi connectivity index (χ1n) is 7.65. The Morgan fingerprint density at radius 2 is 2.05 bits per heavy atom. The van der Waals surface area contributed by atoms with E-state index >= 15 is 0 Å². The van der Waals surface area contributed by atoms with Crippen LogP contribution < -0.4 is 0 Å². The van der Waals surface area contributed by atoms with Crippen LogP contribution >= 0.6 is 0 Å². The fourth-order valence-electron chi connectivity index (χ4n) is 2.91. The van der Waals surface area contributed by atoms with Gasteiger partial charge in [0, 0.05) is 18.7 Å². The summed E-state index contributed by atoms with van der Waals surface area (Å²) in [6, 6.07) is 14.0. The van der Waals surface area contributed by atoms with Crippen molar-refractivity contribution in [1.82, 2.24) is 4.90 Å². The van der Waals surface area contributed by atoms with Gasteiger partial charge in [-0.25, -0.2) is 0 Å². The van der Waals surface area contributed by atoms with Crippen LogP contribution in [0.1, 0.15) is 23.7 Å². The highest BCUT2D eigenvalue weighted by molar-refractivity contribution is 6.02. The van der Waals surface area contributed by atoms with Crippen molar-refractivity contribution in [3.63, 3.8) is 0 Å². The van der Waals surface area contributed by atoms with E-state index in [9.17, 15) is 4.79 Å². The molecule has 1 aliphatic rings. The maximum absolute atomic E-state index is 12.6. The van der Waals surface area contributed by atoms with E-state index in [4.69, 9.17) is 4.74 Å². The third kappa shape index (κ3) is 3.14. The number of carbonyl (C=O) groups is 1. The van der Waals surface area contributed by atoms with Crippen molar-refractivity contribution >= 4 is 16.6 Å². The second kappa shape index (κ2) is 6.37. The molecule has 2 aromatic carbocycles. The van der Waals surface area contributed by atoms with Gasteiger partial charge in [-0.3, -0.25) is 9.69 Å². The summed E-state index contributed by atoms with van der Waals surface area (Å²) in [6.07, 6.45) is 0.781. The van der Waals surface area contributed by atoms with Crippen molar-refractivity contribution in [2.24, 2.45) is 0 Å². The predicted molar refractivity (Wildman–Crippen MR) is 84.7 cm³/mol. The SMILES string of the molecule is CCCN1CCOC(C(=O)c2ccc3ccccc3c2)C1. The summed E-state index contributed by atoms with van der Waals surface area (Å²) >= 11 is 0. The van der Waals surface area contributed by atoms with Gasteiger partial charge in [-0.1, -0.05) is 43.3 Å². The zero-order chi connectivity index (χ0) is 14.7. The van der Waals surface area contributed by atoms with Crippen LogP contribution in [0.25, 0.3) is 10.8 Å². The first-order chi connectivity index (χ1) is 10.3. The van der Waals surface area contributed by atoms with Gasteiger partial charge in [-0.15, -0.1) is 0 Å². The molecule has 0 bridgehead atoms. The molecular formula is C18H21NO2. The Morgan fingerprint density at radius 1 is 1.24 bits per heavy atom. The first-order valence-corrected chi connectivity index (χ1v) is 7.65. The van der Waals surface area contributed by atoms with Crippen LogP contribution in [0, 0.1) is 0 Å². The highest BCUT2D eigenvalue weighted by Crippen LogP contribution is 2.18. The molecule has 1 fully saturated rings. The minimum atomic E-state index is -0.327. The van der Waals surface area contributed by atoms with Crippen LogP contribution in [0.2, 0.25) is 0 Å². The summed E-state index contributed by atoms with van der Waals surface area (Å²) in [5.41, 5.74) is 0.747. The van der Waals surface area contributed by atoms with E-state index in [2.05, 4.69) is 17.9 Å². The fraction of sp³-hybridized carbons (Fsp3) is 0.389. The van der Waals surface area contributed by atoms with Gasteiger partial charge in [0.1, 0.15) is 6.10 Å². The average Bonchev–Trinajstić information content (AvgIpc) is 2.54. The molecule has 0 N–H and O–H groups in total. The number of ether oxygens (including phenoxy) is 1. The van der Waals surface area contributed by atoms with Crippen molar-refractivity contribution in [1.29, 1.82) is 0 Å². The highest BCUT2D eigenvalue weighted by atomic mass is 16.5. The van der Waals surface area contributed by atoms with Crippen molar-refractivity contribution in [3.8, 4) is 0 Å². The lowest BCUT2D eigenvalue weighted by Gasteiger charge is -2.31. The summed E-state index contributed by atoms with van der Waals surface area (Å²) in [5, 5.41) is 2.26. The van der Waals surface area contributed by atoms with Crippen LogP contribution in [0.15, 0.2) is 42.5 Å². The second-order valence-electron chi connectivity index (χ2n) is 5.59. The molecule has 21 heavy (non-hydrogen) atoms. The number of carbonyl (C=O) groups excluding carboxylic acids is 1. The van der Waals surface area contributed by atoms with Gasteiger partial charge in [0.15, 0.2) is 5.78 Å². The number of Topliss-reactive ketones (excluding diaryl/α,β-unsaturated/α-hetero) is 1. The minimum Gasteiger partial charge on any atom is -0.367 e. The van der Waals surface area contributed by atoms with Crippen molar-refractivity contribution < 1.29 is 9.53 Å². The minimum absolute atomic E-state index is 0.0987. The Labute approximate surface area is 125 Å². The molecule has 0 aliphatic carbocycles. The van der Waals surface area contributed by atoms with Crippen molar-refractivity contribution in [2.45, 2.75) is 19.4 Å². The number of fused-ring (bicyclic) bond motifs is 1. The molecule has 0 saturated carbocycles. The summed E-state index contributed by atoms with van der Waals surface area (Å²) in [7, 11) is 0. The maximum atomic E-state index is 12.6. The molecule has 3 heteroatoms. The van der Waals surface area contributed by atoms with Crippen molar-refractivity contribution in [3.05, 3.63) is 48.0 Å². The van der Waals surface area contributed by atoms with E-state index in [0.717, 1.165) is 35.8 Å². The zero-order valence-corrected chi connectivity index (χ0v) is 12.4. The molecule has 0 aromatic heterocycles. The van der Waals surface area contributed by atoms with Gasteiger partial charge in [0.25, 0.3) is 0 Å². The smallest absolute Gasteiger partial charge is 0.192 e. The van der Waals surface area contributed by atoms with Gasteiger partial charge >= 0.3 is 0 Å². The van der Waals surface area contributed by atoms with Crippen LogP contribution in [0.3, 0.4) is 0 Å². The number of hydrogen-bond donors (Lipinski definition) is 0. The van der Waals surface area contributed by atoms with Crippen LogP contribution in [0.4, 0.5) is 0 Å². The topological polar surface area (TPSA) is 29.5 Å². The summed E-state index contributed by atoms with van der Waals surface area (Å²) in [4.78, 5) is 15.0. The Morgan fingerprint density at radius 3 is 2.86 bits per heavy atom. The second-order valence-corrected chi connectivity index (χ2v) is 5.59. The molecule has 3 nitrogen and oxygen atoms in total. The van der Waals surface area contributed by atoms with E-state index in [-0.39, 0.29) is 11.9 Å². The predicted octanol–water partition coefficient (Wildman–Crippen LogP) is 3.13. The number of rotatable bonds is 4. The van der Waals surface area contributed by atoms with Gasteiger partial charge in [0.2, 0.25) is 0 Å². The van der Waals surface area contributed by atoms with Gasteiger partial charge in [-0.05, 0) is 29.8 Å². The van der Waals surface area contributed by atoms with Crippen molar-refractivity contribution in [2.75, 3.05) is 26.2 Å². The Balaban J connectivity index is 1.79. The normalized spacial score (nSPS) is 19.8. The zero-order valence-electron chi connectivity index (χ0n) is 12.4. The van der Waals surface area contributed by atoms with E-state index in [0.29, 0.717) is 13.2 Å². The lowest BCUT2D eigenvalue weighted by Crippen LogP contribution is -2.46. The average molecular weight is 283 g/mol. The summed E-state index contributed by atoms with van der Waals surface area (Å²) in [6.45, 7) is 5.47. The molecule has 1 aliphatic heterocycles. The Hall–Kier alpha value is -1.71. The monoisotopic (exact) mass is 283 g/mol. The Kier molecular flexibility index (Phi) is 4.32. The molecule has 0 spiro atoms. The molecule has 1 heterocycles. The van der Waals surface area contributed by atoms with Crippen LogP contribution in [-0.2, 0) is 4.74 Å². The molecule has 2 aromatic rings. The van der Waals surface area contributed by atoms with Crippen LogP contribution in [0.5, 0.6) is 0 Å². The summed E-state index contributed by atoms with van der Waals surface area (Å²) < 4.78 is 5.69. The molecule has 1 saturated heterocycles. The lowest BCUT2D eigenvalue weighted by atomic mass is 10.0. The maximum Gasteiger partial charge on any atom is 0.192 e. The van der Waals surface area contributed by atoms with E-state index < -0.39 is 0 Å². The van der Waals surface area contributed by atoms with E-state index in [1.54, 1.807) is 0 Å². The third-order valence-electron chi connectivity index (χ3n) is 4.02. The van der Waals surface area contributed by atoms with E-state index in [1.165, 1.54) is 0 Å². The molecule has 110 valence electrons. The summed E-state index contributed by atoms with van der Waals surface area (Å²) in [5.74, 6) is 0.0987. The van der Waals surface area contributed by atoms with Gasteiger partial charge in [0.05, 0.1) is 6.61 Å². The molecule has 0 radical (unpaired) electrons. The van der Waals surface area contributed by atoms with Gasteiger partial charge in [-0.2, -0.15) is 0 Å². The molecule has 3 rings (SSSR count). The standard InChI is InChI=1S/C18H21NO2/c1-2-9-19-10-11-21-17(13-19)18(20)16-8-7-14-5-3-4-6-15(14)12-16/h3-8,12,17H,2,9-11,13H2,1H3. The molecule has 1 unspecified atom stereocenters. The quantitative estimate of drug-likeness (QED) is 0.807.